The first-order valence-corrected chi connectivity index (χ1v) is 8.71. The average Bonchev–Trinajstić information content (AvgIpc) is 3.01. The molecule has 0 aliphatic rings. The van der Waals surface area contributed by atoms with Gasteiger partial charge >= 0.3 is 11.7 Å². The third kappa shape index (κ3) is 4.22. The van der Waals surface area contributed by atoms with E-state index in [1.807, 2.05) is 0 Å². The zero-order valence-corrected chi connectivity index (χ0v) is 15.5. The predicted molar refractivity (Wildman–Crippen MR) is 102 cm³/mol. The summed E-state index contributed by atoms with van der Waals surface area (Å²) in [6, 6.07) is 13.9. The highest BCUT2D eigenvalue weighted by molar-refractivity contribution is 5.96. The molecular weight excluding hydrogens is 364 g/mol. The van der Waals surface area contributed by atoms with E-state index in [1.54, 1.807) is 48.5 Å². The SMILES string of the molecule is COc1ccccc1NC(=O)[C@@H](C)OC(=O)CCn1c(=O)oc2ccccc21. The number of carbonyl (C=O) groups is 2. The molecule has 0 unspecified atom stereocenters. The molecule has 2 aromatic carbocycles. The van der Waals surface area contributed by atoms with Crippen LogP contribution in [0.25, 0.3) is 11.1 Å². The molecule has 1 aromatic heterocycles. The van der Waals surface area contributed by atoms with Crippen molar-refractivity contribution >= 4 is 28.7 Å². The zero-order chi connectivity index (χ0) is 20.1. The van der Waals surface area contributed by atoms with E-state index in [9.17, 15) is 14.4 Å². The summed E-state index contributed by atoms with van der Waals surface area (Å²) in [6.45, 7) is 1.57. The molecule has 3 rings (SSSR count). The molecule has 1 atom stereocenters. The van der Waals surface area contributed by atoms with Crippen LogP contribution in [0.5, 0.6) is 5.75 Å². The number of amides is 1. The van der Waals surface area contributed by atoms with Crippen LogP contribution >= 0.6 is 0 Å². The average molecular weight is 384 g/mol. The minimum absolute atomic E-state index is 0.0737. The first kappa shape index (κ1) is 19.2. The Hall–Kier alpha value is -3.55. The van der Waals surface area contributed by atoms with Gasteiger partial charge in [0.1, 0.15) is 5.75 Å². The summed E-state index contributed by atoms with van der Waals surface area (Å²) >= 11 is 0. The highest BCUT2D eigenvalue weighted by Crippen LogP contribution is 2.23. The Labute approximate surface area is 160 Å². The zero-order valence-electron chi connectivity index (χ0n) is 15.5. The molecule has 0 saturated carbocycles. The fourth-order valence-corrected chi connectivity index (χ4v) is 2.72. The number of anilines is 1. The van der Waals surface area contributed by atoms with Crippen molar-refractivity contribution in [3.05, 3.63) is 59.1 Å². The number of para-hydroxylation sites is 4. The molecule has 0 spiro atoms. The Bertz CT molecular complexity index is 1050. The molecule has 3 aromatic rings. The van der Waals surface area contributed by atoms with Gasteiger partial charge in [0.2, 0.25) is 0 Å². The van der Waals surface area contributed by atoms with Gasteiger partial charge in [0.15, 0.2) is 11.7 Å². The quantitative estimate of drug-likeness (QED) is 0.629. The van der Waals surface area contributed by atoms with Gasteiger partial charge in [-0.3, -0.25) is 14.2 Å². The summed E-state index contributed by atoms with van der Waals surface area (Å²) in [5.74, 6) is -1.12. The Morgan fingerprint density at radius 3 is 2.64 bits per heavy atom. The number of aryl methyl sites for hydroxylation is 1. The van der Waals surface area contributed by atoms with Crippen LogP contribution in [-0.2, 0) is 20.9 Å². The van der Waals surface area contributed by atoms with Gasteiger partial charge in [-0.05, 0) is 31.2 Å². The minimum atomic E-state index is -1.00. The third-order valence-corrected chi connectivity index (χ3v) is 4.16. The summed E-state index contributed by atoms with van der Waals surface area (Å²) < 4.78 is 16.8. The van der Waals surface area contributed by atoms with Gasteiger partial charge in [-0.15, -0.1) is 0 Å². The Kier molecular flexibility index (Phi) is 5.78. The number of fused-ring (bicyclic) bond motifs is 1. The van der Waals surface area contributed by atoms with E-state index in [0.29, 0.717) is 22.5 Å². The fraction of sp³-hybridized carbons (Fsp3) is 0.250. The molecule has 0 aliphatic heterocycles. The first-order chi connectivity index (χ1) is 13.5. The van der Waals surface area contributed by atoms with E-state index in [2.05, 4.69) is 5.32 Å². The van der Waals surface area contributed by atoms with Gasteiger partial charge in [-0.2, -0.15) is 0 Å². The van der Waals surface area contributed by atoms with Gasteiger partial charge < -0.3 is 19.2 Å². The molecule has 8 heteroatoms. The van der Waals surface area contributed by atoms with Gasteiger partial charge in [-0.25, -0.2) is 4.79 Å². The number of hydrogen-bond acceptors (Lipinski definition) is 6. The minimum Gasteiger partial charge on any atom is -0.495 e. The lowest BCUT2D eigenvalue weighted by Crippen LogP contribution is -2.30. The summed E-state index contributed by atoms with van der Waals surface area (Å²) in [7, 11) is 1.50. The highest BCUT2D eigenvalue weighted by atomic mass is 16.5. The van der Waals surface area contributed by atoms with Crippen molar-refractivity contribution < 1.29 is 23.5 Å². The molecule has 0 radical (unpaired) electrons. The Morgan fingerprint density at radius 2 is 1.86 bits per heavy atom. The summed E-state index contributed by atoms with van der Waals surface area (Å²) in [5, 5.41) is 2.66. The van der Waals surface area contributed by atoms with Crippen molar-refractivity contribution in [2.75, 3.05) is 12.4 Å². The van der Waals surface area contributed by atoms with Crippen LogP contribution in [-0.4, -0.2) is 29.7 Å². The van der Waals surface area contributed by atoms with Gasteiger partial charge in [-0.1, -0.05) is 24.3 Å². The van der Waals surface area contributed by atoms with Crippen LogP contribution in [0.2, 0.25) is 0 Å². The van der Waals surface area contributed by atoms with Crippen molar-refractivity contribution in [3.63, 3.8) is 0 Å². The van der Waals surface area contributed by atoms with E-state index in [-0.39, 0.29) is 13.0 Å². The lowest BCUT2D eigenvalue weighted by atomic mass is 10.2. The lowest BCUT2D eigenvalue weighted by Gasteiger charge is -2.15. The van der Waals surface area contributed by atoms with Gasteiger partial charge in [0.25, 0.3) is 5.91 Å². The van der Waals surface area contributed by atoms with Gasteiger partial charge in [0.05, 0.1) is 24.7 Å². The second kappa shape index (κ2) is 8.43. The molecule has 28 heavy (non-hydrogen) atoms. The van der Waals surface area contributed by atoms with Crippen LogP contribution in [0.1, 0.15) is 13.3 Å². The largest absolute Gasteiger partial charge is 0.495 e. The molecule has 0 fully saturated rings. The number of nitrogens with one attached hydrogen (secondary N) is 1. The molecule has 1 N–H and O–H groups in total. The van der Waals surface area contributed by atoms with E-state index < -0.39 is 23.7 Å². The maximum absolute atomic E-state index is 12.3. The van der Waals surface area contributed by atoms with Gasteiger partial charge in [0, 0.05) is 6.54 Å². The normalized spacial score (nSPS) is 11.8. The van der Waals surface area contributed by atoms with Crippen LogP contribution < -0.4 is 15.8 Å². The maximum Gasteiger partial charge on any atom is 0.419 e. The number of ether oxygens (including phenoxy) is 2. The highest BCUT2D eigenvalue weighted by Gasteiger charge is 2.19. The number of hydrogen-bond donors (Lipinski definition) is 1. The van der Waals surface area contributed by atoms with Crippen molar-refractivity contribution in [1.82, 2.24) is 4.57 Å². The second-order valence-electron chi connectivity index (χ2n) is 6.06. The van der Waals surface area contributed by atoms with Crippen LogP contribution in [0.4, 0.5) is 5.69 Å². The molecule has 8 nitrogen and oxygen atoms in total. The Morgan fingerprint density at radius 1 is 1.14 bits per heavy atom. The molecule has 0 bridgehead atoms. The molecular formula is C20H20N2O6. The number of nitrogens with zero attached hydrogens (tertiary/aromatic N) is 1. The lowest BCUT2D eigenvalue weighted by molar-refractivity contribution is -0.153. The summed E-state index contributed by atoms with van der Waals surface area (Å²) in [4.78, 5) is 36.3. The summed E-state index contributed by atoms with van der Waals surface area (Å²) in [5.41, 5.74) is 1.53. The van der Waals surface area contributed by atoms with Crippen molar-refractivity contribution in [1.29, 1.82) is 0 Å². The molecule has 0 saturated heterocycles. The van der Waals surface area contributed by atoms with Crippen LogP contribution in [0.15, 0.2) is 57.7 Å². The number of esters is 1. The standard InChI is InChI=1S/C20H20N2O6/c1-13(19(24)21-14-7-3-5-9-16(14)26-2)27-18(23)11-12-22-15-8-4-6-10-17(15)28-20(22)25/h3-10,13H,11-12H2,1-2H3,(H,21,24)/t13-/m1/s1. The second-order valence-corrected chi connectivity index (χ2v) is 6.06. The number of oxazole rings is 1. The van der Waals surface area contributed by atoms with Crippen LogP contribution in [0, 0.1) is 0 Å². The smallest absolute Gasteiger partial charge is 0.419 e. The molecule has 0 aliphatic carbocycles. The number of methoxy groups -OCH3 is 1. The monoisotopic (exact) mass is 384 g/mol. The third-order valence-electron chi connectivity index (χ3n) is 4.16. The van der Waals surface area contributed by atoms with Crippen molar-refractivity contribution in [2.45, 2.75) is 26.0 Å². The first-order valence-electron chi connectivity index (χ1n) is 8.71. The number of carbonyl (C=O) groups excluding carboxylic acids is 2. The molecule has 1 amide bonds. The van der Waals surface area contributed by atoms with E-state index in [1.165, 1.54) is 18.6 Å². The van der Waals surface area contributed by atoms with Crippen LogP contribution in [0.3, 0.4) is 0 Å². The molecule has 1 heterocycles. The van der Waals surface area contributed by atoms with Crippen molar-refractivity contribution in [3.8, 4) is 5.75 Å². The van der Waals surface area contributed by atoms with E-state index in [0.717, 1.165) is 0 Å². The predicted octanol–water partition coefficient (Wildman–Crippen LogP) is 2.56. The number of rotatable bonds is 7. The molecule has 146 valence electrons. The fourth-order valence-electron chi connectivity index (χ4n) is 2.72. The maximum atomic E-state index is 12.3. The van der Waals surface area contributed by atoms with E-state index >= 15 is 0 Å². The topological polar surface area (TPSA) is 99.8 Å². The number of aromatic nitrogens is 1. The summed E-state index contributed by atoms with van der Waals surface area (Å²) in [6.07, 6.45) is -1.08. The Balaban J connectivity index is 1.57. The number of benzene rings is 2. The van der Waals surface area contributed by atoms with Crippen molar-refractivity contribution in [2.24, 2.45) is 0 Å². The van der Waals surface area contributed by atoms with E-state index in [4.69, 9.17) is 13.9 Å².